The first kappa shape index (κ1) is 71.2. The largest absolute Gasteiger partial charge is 0.370 e. The topological polar surface area (TPSA) is 261 Å². The van der Waals surface area contributed by atoms with Crippen LogP contribution in [0.15, 0.2) is 48.8 Å². The molecule has 1 spiro atoms. The summed E-state index contributed by atoms with van der Waals surface area (Å²) in [5, 5.41) is 25.0. The molecule has 6 aliphatic heterocycles. The Morgan fingerprint density at radius 2 is 1.42 bits per heavy atom. The Labute approximate surface area is 571 Å². The quantitative estimate of drug-likeness (QED) is 0.0479. The van der Waals surface area contributed by atoms with Crippen molar-refractivity contribution in [2.75, 3.05) is 127 Å². The number of aryl methyl sites for hydroxylation is 1. The van der Waals surface area contributed by atoms with E-state index in [9.17, 15) is 33.6 Å². The van der Waals surface area contributed by atoms with Crippen molar-refractivity contribution in [1.29, 1.82) is 0 Å². The van der Waals surface area contributed by atoms with Gasteiger partial charge in [-0.2, -0.15) is 0 Å². The van der Waals surface area contributed by atoms with Crippen LogP contribution in [0.1, 0.15) is 153 Å². The molecule has 7 fully saturated rings. The van der Waals surface area contributed by atoms with E-state index in [0.29, 0.717) is 101 Å². The zero-order valence-corrected chi connectivity index (χ0v) is 57.7. The predicted octanol–water partition coefficient (Wildman–Crippen LogP) is 4.76. The first-order chi connectivity index (χ1) is 46.8. The van der Waals surface area contributed by atoms with Gasteiger partial charge >= 0.3 is 0 Å². The van der Waals surface area contributed by atoms with Gasteiger partial charge in [-0.1, -0.05) is 57.4 Å². The van der Waals surface area contributed by atoms with Crippen LogP contribution in [-0.2, 0) is 46.5 Å². The molecule has 2 aliphatic carbocycles. The fourth-order valence-electron chi connectivity index (χ4n) is 16.3. The lowest BCUT2D eigenvalue weighted by atomic mass is 9.82. The maximum atomic E-state index is 15.8. The third-order valence-corrected chi connectivity index (χ3v) is 22.3. The number of carbonyl (C=O) groups excluding carboxylic acids is 7. The number of rotatable bonds is 27. The standard InChI is InChI=1S/C72H106F2N16O7/c1-48(75-4)68(95)83-67(50-14-6-5-7-15-50)70(97)90-44-54(36-60(90)69(96)82-58-18-10-16-49-13-8-9-17-55(49)58)81-65(93)20-19-63(91)78-28-12-29-86-40-52-42-87(43-53(52)41-86)30-21-64(92)77-27-11-26-76-61-38-62(80-47-79-61)88-33-24-72(25-34-88)46-89(45-66(94)84-72)59-37-56(73)51(35-57(59)74)39-85-31-22-71(2,3)23-32-85/h8-9,13,17,35,37-38,47-48,50,52-54,58,60,67,75H,5-7,10-12,14-16,18-34,36,39-46H2,1-4H3,(H,77,92)(H,78,91)(H,81,93)(H,82,96)(H,83,95)(H,84,94)(H,76,79,80)/t48-,52-,53+,54-,58?,60-,67-/m0/s1. The first-order valence-corrected chi connectivity index (χ1v) is 36.3. The second-order valence-electron chi connectivity index (χ2n) is 29.9. The Morgan fingerprint density at radius 3 is 2.16 bits per heavy atom. The molecule has 7 atom stereocenters. The number of likely N-dealkylation sites (N-methyl/N-ethyl adjacent to an activating group) is 1. The number of piperazine rings is 1. The van der Waals surface area contributed by atoms with Gasteiger partial charge in [0, 0.05) is 128 Å². The number of amides is 7. The number of hydrogen-bond acceptors (Lipinski definition) is 16. The summed E-state index contributed by atoms with van der Waals surface area (Å²) in [6.07, 6.45) is 14.1. The lowest BCUT2D eigenvalue weighted by Gasteiger charge is -2.48. The highest BCUT2D eigenvalue weighted by Crippen LogP contribution is 2.37. The van der Waals surface area contributed by atoms with Gasteiger partial charge in [0.2, 0.25) is 41.4 Å². The van der Waals surface area contributed by atoms with Gasteiger partial charge in [0.15, 0.2) is 0 Å². The van der Waals surface area contributed by atoms with Gasteiger partial charge in [0.05, 0.1) is 29.9 Å². The van der Waals surface area contributed by atoms with Crippen molar-refractivity contribution in [3.8, 4) is 0 Å². The number of likely N-dealkylation sites (tertiary alicyclic amines) is 4. The minimum atomic E-state index is -0.851. The molecule has 11 rings (SSSR count). The minimum absolute atomic E-state index is 0.0118. The van der Waals surface area contributed by atoms with Gasteiger partial charge < -0.3 is 67.0 Å². The van der Waals surface area contributed by atoms with Crippen LogP contribution >= 0.6 is 0 Å². The normalized spacial score (nSPS) is 24.2. The fraction of sp³-hybridized carbons (Fsp3) is 0.681. The number of piperidine rings is 2. The molecule has 8 N–H and O–H groups in total. The van der Waals surface area contributed by atoms with Crippen LogP contribution in [0.5, 0.6) is 0 Å². The van der Waals surface area contributed by atoms with Gasteiger partial charge in [-0.05, 0) is 151 Å². The number of anilines is 3. The molecule has 2 aromatic carbocycles. The maximum Gasteiger partial charge on any atom is 0.246 e. The van der Waals surface area contributed by atoms with Crippen LogP contribution in [-0.4, -0.2) is 212 Å². The molecular formula is C72H106F2N16O7. The van der Waals surface area contributed by atoms with E-state index in [1.54, 1.807) is 23.8 Å². The Balaban J connectivity index is 0.543. The van der Waals surface area contributed by atoms with Gasteiger partial charge in [-0.3, -0.25) is 38.5 Å². The lowest BCUT2D eigenvalue weighted by Crippen LogP contribution is -2.66. The molecule has 1 unspecified atom stereocenters. The SMILES string of the molecule is CN[C@@H](C)C(=O)N[C@H](C(=O)N1C[C@@H](NC(=O)CCC(=O)NCCCN2C[C@@H]3CN(CCC(=O)NCCCNc4cc(N5CCC6(CC5)CN(c5cc(F)c(CN7CCC(C)(C)CC7)cc5F)CC(=O)N6)ncn4)C[C@@H]3C2)C[C@H]1C(=O)NC1CCCc2ccccc21)C1CCCCC1. The van der Waals surface area contributed by atoms with Crippen molar-refractivity contribution in [3.05, 3.63) is 77.1 Å². The average Bonchev–Trinajstić information content (AvgIpc) is 1.38. The number of aromatic nitrogens is 2. The van der Waals surface area contributed by atoms with Gasteiger partial charge in [0.1, 0.15) is 41.7 Å². The van der Waals surface area contributed by atoms with E-state index in [1.807, 2.05) is 24.3 Å². The van der Waals surface area contributed by atoms with E-state index in [1.165, 1.54) is 24.0 Å². The second kappa shape index (κ2) is 32.7. The fourth-order valence-corrected chi connectivity index (χ4v) is 16.3. The number of nitrogens with zero attached hydrogens (tertiary/aromatic N) is 8. The van der Waals surface area contributed by atoms with Gasteiger partial charge in [-0.15, -0.1) is 0 Å². The van der Waals surface area contributed by atoms with Gasteiger partial charge in [-0.25, -0.2) is 18.7 Å². The molecule has 7 heterocycles. The minimum Gasteiger partial charge on any atom is -0.370 e. The van der Waals surface area contributed by atoms with Crippen molar-refractivity contribution in [2.45, 2.75) is 179 Å². The predicted molar refractivity (Wildman–Crippen MR) is 368 cm³/mol. The Bertz CT molecular complexity index is 3230. The average molecular weight is 1350 g/mol. The summed E-state index contributed by atoms with van der Waals surface area (Å²) < 4.78 is 31.3. The lowest BCUT2D eigenvalue weighted by molar-refractivity contribution is -0.143. The van der Waals surface area contributed by atoms with Crippen molar-refractivity contribution in [2.24, 2.45) is 23.2 Å². The Hall–Kier alpha value is -7.09. The number of fused-ring (bicyclic) bond motifs is 2. The number of carbonyl (C=O) groups is 7. The van der Waals surface area contributed by atoms with Crippen LogP contribution in [0, 0.1) is 34.8 Å². The highest BCUT2D eigenvalue weighted by molar-refractivity contribution is 5.94. The number of hydrogen-bond donors (Lipinski definition) is 8. The summed E-state index contributed by atoms with van der Waals surface area (Å²) in [6, 6.07) is 9.74. The number of halogens is 2. The van der Waals surface area contributed by atoms with Crippen molar-refractivity contribution >= 4 is 58.7 Å². The summed E-state index contributed by atoms with van der Waals surface area (Å²) >= 11 is 0. The zero-order chi connectivity index (χ0) is 68.2. The van der Waals surface area contributed by atoms with E-state index < -0.39 is 41.3 Å². The third-order valence-electron chi connectivity index (χ3n) is 22.3. The smallest absolute Gasteiger partial charge is 0.246 e. The van der Waals surface area contributed by atoms with Crippen molar-refractivity contribution in [3.63, 3.8) is 0 Å². The molecule has 23 nitrogen and oxygen atoms in total. The van der Waals surface area contributed by atoms with Crippen LogP contribution in [0.2, 0.25) is 0 Å². The van der Waals surface area contributed by atoms with Crippen LogP contribution in [0.25, 0.3) is 0 Å². The van der Waals surface area contributed by atoms with Crippen molar-refractivity contribution in [1.82, 2.24) is 66.8 Å². The highest BCUT2D eigenvalue weighted by atomic mass is 19.1. The van der Waals surface area contributed by atoms with E-state index >= 15 is 8.78 Å². The zero-order valence-electron chi connectivity index (χ0n) is 57.7. The van der Waals surface area contributed by atoms with E-state index in [2.05, 4.69) is 92.0 Å². The summed E-state index contributed by atoms with van der Waals surface area (Å²) in [4.78, 5) is 116. The molecule has 0 bridgehead atoms. The molecular weight excluding hydrogens is 1240 g/mol. The van der Waals surface area contributed by atoms with Crippen LogP contribution in [0.4, 0.5) is 26.1 Å². The number of benzene rings is 2. The summed E-state index contributed by atoms with van der Waals surface area (Å²) in [5.74, 6) is -0.0908. The molecule has 1 saturated carbocycles. The third kappa shape index (κ3) is 18.8. The molecule has 7 amide bonds. The highest BCUT2D eigenvalue weighted by Gasteiger charge is 2.47. The Morgan fingerprint density at radius 1 is 0.722 bits per heavy atom. The molecule has 97 heavy (non-hydrogen) atoms. The molecule has 530 valence electrons. The molecule has 3 aromatic rings. The van der Waals surface area contributed by atoms with Crippen molar-refractivity contribution < 1.29 is 42.3 Å². The summed E-state index contributed by atoms with van der Waals surface area (Å²) in [7, 11) is 1.70. The van der Waals surface area contributed by atoms with E-state index in [0.717, 1.165) is 128 Å². The second-order valence-corrected chi connectivity index (χ2v) is 29.9. The Kier molecular flexibility index (Phi) is 24.0. The van der Waals surface area contributed by atoms with Crippen LogP contribution in [0.3, 0.4) is 0 Å². The van der Waals surface area contributed by atoms with Gasteiger partial charge in [0.25, 0.3) is 0 Å². The van der Waals surface area contributed by atoms with E-state index in [-0.39, 0.29) is 96.8 Å². The number of nitrogens with one attached hydrogen (secondary N) is 8. The molecule has 8 aliphatic rings. The molecule has 0 radical (unpaired) electrons. The maximum absolute atomic E-state index is 15.8. The first-order valence-electron chi connectivity index (χ1n) is 36.3. The molecule has 25 heteroatoms. The molecule has 1 aromatic heterocycles. The van der Waals surface area contributed by atoms with Crippen LogP contribution < -0.4 is 52.3 Å². The molecule has 6 saturated heterocycles. The van der Waals surface area contributed by atoms with E-state index in [4.69, 9.17) is 0 Å². The monoisotopic (exact) mass is 1340 g/mol. The summed E-state index contributed by atoms with van der Waals surface area (Å²) in [5.41, 5.74) is 2.42. The summed E-state index contributed by atoms with van der Waals surface area (Å²) in [6.45, 7) is 17.0.